The fraction of sp³-hybridized carbons (Fsp3) is 0.385. The van der Waals surface area contributed by atoms with E-state index in [0.717, 1.165) is 6.42 Å². The number of Topliss-reactive ketones (excluding diaryl/α,β-unsaturated/α-hetero) is 2. The smallest absolute Gasteiger partial charge is 0.171 e. The molecule has 2 nitrogen and oxygen atoms in total. The zero-order valence-electron chi connectivity index (χ0n) is 9.50. The number of ketones is 2. The van der Waals surface area contributed by atoms with Gasteiger partial charge in [0.2, 0.25) is 0 Å². The predicted octanol–water partition coefficient (Wildman–Crippen LogP) is 3.53. The van der Waals surface area contributed by atoms with Gasteiger partial charge < -0.3 is 0 Å². The number of halogens is 1. The molecule has 0 bridgehead atoms. The van der Waals surface area contributed by atoms with Gasteiger partial charge in [-0.25, -0.2) is 0 Å². The molecule has 0 aromatic heterocycles. The summed E-state index contributed by atoms with van der Waals surface area (Å²) in [5, 5.41) is 0.407. The Bertz CT molecular complexity index is 399. The summed E-state index contributed by atoms with van der Waals surface area (Å²) >= 11 is 5.88. The highest BCUT2D eigenvalue weighted by Gasteiger charge is 2.17. The molecule has 0 amide bonds. The molecule has 0 fully saturated rings. The lowest BCUT2D eigenvalue weighted by Crippen LogP contribution is -2.15. The summed E-state index contributed by atoms with van der Waals surface area (Å²) in [4.78, 5) is 23.4. The minimum absolute atomic E-state index is 0.0209. The quantitative estimate of drug-likeness (QED) is 0.581. The molecule has 3 heteroatoms. The molecule has 1 aromatic rings. The summed E-state index contributed by atoms with van der Waals surface area (Å²) in [7, 11) is 0. The standard InChI is InChI=1S/C13H15ClO2/c1-3-9(2)12(15)8-13(16)10-6-4-5-7-11(10)14/h4-7,9H,3,8H2,1-2H3. The molecular weight excluding hydrogens is 224 g/mol. The second kappa shape index (κ2) is 5.80. The van der Waals surface area contributed by atoms with Crippen molar-refractivity contribution in [1.82, 2.24) is 0 Å². The van der Waals surface area contributed by atoms with Crippen LogP contribution < -0.4 is 0 Å². The van der Waals surface area contributed by atoms with Crippen LogP contribution in [0.15, 0.2) is 24.3 Å². The predicted molar refractivity (Wildman–Crippen MR) is 64.9 cm³/mol. The maximum Gasteiger partial charge on any atom is 0.171 e. The minimum atomic E-state index is -0.198. The summed E-state index contributed by atoms with van der Waals surface area (Å²) in [6, 6.07) is 6.81. The van der Waals surface area contributed by atoms with Crippen molar-refractivity contribution in [2.45, 2.75) is 26.7 Å². The largest absolute Gasteiger partial charge is 0.299 e. The van der Waals surface area contributed by atoms with E-state index in [4.69, 9.17) is 11.6 Å². The van der Waals surface area contributed by atoms with E-state index in [2.05, 4.69) is 0 Å². The lowest BCUT2D eigenvalue weighted by molar-refractivity contribution is -0.121. The summed E-state index contributed by atoms with van der Waals surface area (Å²) < 4.78 is 0. The fourth-order valence-electron chi connectivity index (χ4n) is 1.34. The molecule has 1 aromatic carbocycles. The zero-order chi connectivity index (χ0) is 12.1. The van der Waals surface area contributed by atoms with E-state index in [1.54, 1.807) is 24.3 Å². The Morgan fingerprint density at radius 3 is 2.50 bits per heavy atom. The van der Waals surface area contributed by atoms with Gasteiger partial charge in [0.25, 0.3) is 0 Å². The van der Waals surface area contributed by atoms with Crippen molar-refractivity contribution >= 4 is 23.2 Å². The third kappa shape index (κ3) is 3.17. The molecule has 86 valence electrons. The van der Waals surface area contributed by atoms with E-state index in [1.165, 1.54) is 0 Å². The second-order valence-corrected chi connectivity index (χ2v) is 4.26. The maximum absolute atomic E-state index is 11.8. The highest BCUT2D eigenvalue weighted by Crippen LogP contribution is 2.18. The molecule has 1 atom stereocenters. The average Bonchev–Trinajstić information content (AvgIpc) is 2.28. The molecule has 0 aliphatic rings. The van der Waals surface area contributed by atoms with Crippen LogP contribution >= 0.6 is 11.6 Å². The molecule has 1 unspecified atom stereocenters. The van der Waals surface area contributed by atoms with Gasteiger partial charge in [0.1, 0.15) is 5.78 Å². The van der Waals surface area contributed by atoms with Gasteiger partial charge in [-0.05, 0) is 18.6 Å². The van der Waals surface area contributed by atoms with Gasteiger partial charge in [0.15, 0.2) is 5.78 Å². The van der Waals surface area contributed by atoms with Crippen LogP contribution in [0.5, 0.6) is 0 Å². The lowest BCUT2D eigenvalue weighted by atomic mass is 9.97. The summed E-state index contributed by atoms with van der Waals surface area (Å²) in [5.41, 5.74) is 0.431. The van der Waals surface area contributed by atoms with Gasteiger partial charge in [-0.1, -0.05) is 37.6 Å². The fourth-order valence-corrected chi connectivity index (χ4v) is 1.58. The second-order valence-electron chi connectivity index (χ2n) is 3.86. The first kappa shape index (κ1) is 12.9. The third-order valence-electron chi connectivity index (χ3n) is 2.67. The number of hydrogen-bond acceptors (Lipinski definition) is 2. The summed E-state index contributed by atoms with van der Waals surface area (Å²) in [6.45, 7) is 3.77. The Balaban J connectivity index is 2.74. The monoisotopic (exact) mass is 238 g/mol. The molecular formula is C13H15ClO2. The molecule has 1 rings (SSSR count). The van der Waals surface area contributed by atoms with E-state index >= 15 is 0 Å². The van der Waals surface area contributed by atoms with Gasteiger partial charge >= 0.3 is 0 Å². The van der Waals surface area contributed by atoms with E-state index < -0.39 is 0 Å². The molecule has 0 radical (unpaired) electrons. The van der Waals surface area contributed by atoms with Gasteiger partial charge in [0, 0.05) is 11.5 Å². The molecule has 0 spiro atoms. The molecule has 16 heavy (non-hydrogen) atoms. The Kier molecular flexibility index (Phi) is 4.69. The van der Waals surface area contributed by atoms with Crippen LogP contribution in [0.1, 0.15) is 37.0 Å². The van der Waals surface area contributed by atoms with Crippen molar-refractivity contribution in [3.8, 4) is 0 Å². The highest BCUT2D eigenvalue weighted by atomic mass is 35.5. The number of carbonyl (C=O) groups excluding carboxylic acids is 2. The minimum Gasteiger partial charge on any atom is -0.299 e. The normalized spacial score (nSPS) is 12.2. The van der Waals surface area contributed by atoms with E-state index in [0.29, 0.717) is 10.6 Å². The first-order chi connectivity index (χ1) is 7.56. The van der Waals surface area contributed by atoms with Crippen LogP contribution in [0.2, 0.25) is 5.02 Å². The Labute approximate surface area is 101 Å². The number of rotatable bonds is 5. The Morgan fingerprint density at radius 1 is 1.31 bits per heavy atom. The lowest BCUT2D eigenvalue weighted by Gasteiger charge is -2.07. The van der Waals surface area contributed by atoms with E-state index in [-0.39, 0.29) is 23.9 Å². The number of benzene rings is 1. The first-order valence-corrected chi connectivity index (χ1v) is 5.74. The van der Waals surface area contributed by atoms with Crippen LogP contribution in [0.4, 0.5) is 0 Å². The molecule has 0 heterocycles. The van der Waals surface area contributed by atoms with Crippen molar-refractivity contribution in [3.05, 3.63) is 34.9 Å². The molecule has 0 aliphatic heterocycles. The SMILES string of the molecule is CCC(C)C(=O)CC(=O)c1ccccc1Cl. The van der Waals surface area contributed by atoms with Gasteiger partial charge in [0.05, 0.1) is 11.4 Å². The first-order valence-electron chi connectivity index (χ1n) is 5.36. The van der Waals surface area contributed by atoms with Gasteiger partial charge in [-0.3, -0.25) is 9.59 Å². The summed E-state index contributed by atoms with van der Waals surface area (Å²) in [5.74, 6) is -0.283. The van der Waals surface area contributed by atoms with Gasteiger partial charge in [-0.15, -0.1) is 0 Å². The topological polar surface area (TPSA) is 34.1 Å². The highest BCUT2D eigenvalue weighted by molar-refractivity contribution is 6.34. The van der Waals surface area contributed by atoms with E-state index in [1.807, 2.05) is 13.8 Å². The Morgan fingerprint density at radius 2 is 1.94 bits per heavy atom. The number of carbonyl (C=O) groups is 2. The van der Waals surface area contributed by atoms with Crippen molar-refractivity contribution < 1.29 is 9.59 Å². The maximum atomic E-state index is 11.8. The van der Waals surface area contributed by atoms with E-state index in [9.17, 15) is 9.59 Å². The third-order valence-corrected chi connectivity index (χ3v) is 3.00. The molecule has 0 aliphatic carbocycles. The average molecular weight is 239 g/mol. The van der Waals surface area contributed by atoms with Crippen molar-refractivity contribution in [1.29, 1.82) is 0 Å². The summed E-state index contributed by atoms with van der Waals surface area (Å²) in [6.07, 6.45) is 0.702. The molecule has 0 N–H and O–H groups in total. The van der Waals surface area contributed by atoms with Crippen LogP contribution in [0.3, 0.4) is 0 Å². The van der Waals surface area contributed by atoms with Crippen LogP contribution in [0.25, 0.3) is 0 Å². The van der Waals surface area contributed by atoms with Crippen LogP contribution in [-0.2, 0) is 4.79 Å². The molecule has 0 saturated heterocycles. The molecule has 0 saturated carbocycles. The zero-order valence-corrected chi connectivity index (χ0v) is 10.3. The van der Waals surface area contributed by atoms with Gasteiger partial charge in [-0.2, -0.15) is 0 Å². The van der Waals surface area contributed by atoms with Crippen molar-refractivity contribution in [3.63, 3.8) is 0 Å². The Hall–Kier alpha value is -1.15. The van der Waals surface area contributed by atoms with Crippen molar-refractivity contribution in [2.24, 2.45) is 5.92 Å². The van der Waals surface area contributed by atoms with Crippen LogP contribution in [-0.4, -0.2) is 11.6 Å². The van der Waals surface area contributed by atoms with Crippen LogP contribution in [0, 0.1) is 5.92 Å². The number of hydrogen-bond donors (Lipinski definition) is 0. The van der Waals surface area contributed by atoms with Crippen molar-refractivity contribution in [2.75, 3.05) is 0 Å².